The van der Waals surface area contributed by atoms with Gasteiger partial charge in [0.05, 0.1) is 6.54 Å². The molecule has 0 saturated heterocycles. The third-order valence-corrected chi connectivity index (χ3v) is 3.55. The molecular formula is C15H23N3O. The Hall–Kier alpha value is -1.55. The molecule has 104 valence electrons. The van der Waals surface area contributed by atoms with Gasteiger partial charge in [-0.3, -0.25) is 9.69 Å². The van der Waals surface area contributed by atoms with Crippen molar-refractivity contribution in [2.24, 2.45) is 5.92 Å². The van der Waals surface area contributed by atoms with E-state index >= 15 is 0 Å². The van der Waals surface area contributed by atoms with Crippen LogP contribution in [0.15, 0.2) is 18.2 Å². The minimum atomic E-state index is 0.0513. The highest BCUT2D eigenvalue weighted by Gasteiger charge is 2.24. The largest absolute Gasteiger partial charge is 0.399 e. The first kappa shape index (κ1) is 13.9. The van der Waals surface area contributed by atoms with Gasteiger partial charge in [0.15, 0.2) is 0 Å². The zero-order chi connectivity index (χ0) is 13.8. The number of anilines is 2. The summed E-state index contributed by atoms with van der Waals surface area (Å²) in [6.07, 6.45) is 2.63. The van der Waals surface area contributed by atoms with Crippen molar-refractivity contribution in [1.82, 2.24) is 4.90 Å². The molecule has 0 bridgehead atoms. The first-order chi connectivity index (χ1) is 9.08. The second-order valence-electron chi connectivity index (χ2n) is 5.39. The molecule has 0 unspecified atom stereocenters. The van der Waals surface area contributed by atoms with E-state index in [0.717, 1.165) is 35.9 Å². The number of hydrogen-bond acceptors (Lipinski definition) is 3. The number of carbonyl (C=O) groups is 1. The molecule has 1 fully saturated rings. The number of amides is 1. The predicted molar refractivity (Wildman–Crippen MR) is 79.1 cm³/mol. The van der Waals surface area contributed by atoms with Crippen molar-refractivity contribution in [2.45, 2.75) is 26.7 Å². The molecule has 0 aromatic heterocycles. The molecule has 0 aliphatic heterocycles. The van der Waals surface area contributed by atoms with Crippen molar-refractivity contribution in [1.29, 1.82) is 0 Å². The van der Waals surface area contributed by atoms with Crippen molar-refractivity contribution in [3.05, 3.63) is 23.8 Å². The van der Waals surface area contributed by atoms with Crippen LogP contribution in [0, 0.1) is 12.8 Å². The summed E-state index contributed by atoms with van der Waals surface area (Å²) >= 11 is 0. The lowest BCUT2D eigenvalue weighted by Gasteiger charge is -2.19. The molecule has 1 amide bonds. The number of aryl methyl sites for hydroxylation is 1. The molecule has 1 aliphatic carbocycles. The van der Waals surface area contributed by atoms with E-state index in [0.29, 0.717) is 6.54 Å². The molecule has 1 aromatic rings. The average molecular weight is 261 g/mol. The van der Waals surface area contributed by atoms with E-state index in [1.54, 1.807) is 0 Å². The van der Waals surface area contributed by atoms with E-state index in [4.69, 9.17) is 5.73 Å². The third kappa shape index (κ3) is 4.24. The normalized spacial score (nSPS) is 14.7. The van der Waals surface area contributed by atoms with E-state index in [1.807, 2.05) is 25.1 Å². The van der Waals surface area contributed by atoms with Gasteiger partial charge in [0.2, 0.25) is 5.91 Å². The molecule has 0 atom stereocenters. The molecule has 0 radical (unpaired) electrons. The number of hydrogen-bond donors (Lipinski definition) is 2. The summed E-state index contributed by atoms with van der Waals surface area (Å²) in [5.74, 6) is 0.862. The maximum atomic E-state index is 12.0. The standard InChI is InChI=1S/C15H23N3O/c1-3-18(9-12-4-5-12)10-15(19)17-14-7-6-13(16)8-11(14)2/h6-8,12H,3-5,9-10,16H2,1-2H3,(H,17,19). The Bertz CT molecular complexity index is 455. The van der Waals surface area contributed by atoms with Gasteiger partial charge in [-0.25, -0.2) is 0 Å². The maximum Gasteiger partial charge on any atom is 0.238 e. The maximum absolute atomic E-state index is 12.0. The summed E-state index contributed by atoms with van der Waals surface area (Å²) in [5.41, 5.74) is 8.27. The molecular weight excluding hydrogens is 238 g/mol. The quantitative estimate of drug-likeness (QED) is 0.772. The van der Waals surface area contributed by atoms with Crippen molar-refractivity contribution in [2.75, 3.05) is 30.7 Å². The first-order valence-electron chi connectivity index (χ1n) is 6.96. The smallest absolute Gasteiger partial charge is 0.238 e. The molecule has 2 rings (SSSR count). The van der Waals surface area contributed by atoms with Gasteiger partial charge in [0.1, 0.15) is 0 Å². The molecule has 19 heavy (non-hydrogen) atoms. The van der Waals surface area contributed by atoms with Crippen molar-refractivity contribution >= 4 is 17.3 Å². The van der Waals surface area contributed by atoms with Crippen LogP contribution in [-0.2, 0) is 4.79 Å². The molecule has 3 N–H and O–H groups in total. The minimum absolute atomic E-state index is 0.0513. The Balaban J connectivity index is 1.88. The summed E-state index contributed by atoms with van der Waals surface area (Å²) in [5, 5.41) is 2.96. The number of likely N-dealkylation sites (N-methyl/N-ethyl adjacent to an activating group) is 1. The number of nitrogens with one attached hydrogen (secondary N) is 1. The van der Waals surface area contributed by atoms with Crippen LogP contribution < -0.4 is 11.1 Å². The van der Waals surface area contributed by atoms with Gasteiger partial charge in [0.25, 0.3) is 0 Å². The van der Waals surface area contributed by atoms with E-state index in [9.17, 15) is 4.79 Å². The van der Waals surface area contributed by atoms with E-state index in [2.05, 4.69) is 17.1 Å². The van der Waals surface area contributed by atoms with Crippen LogP contribution in [0.25, 0.3) is 0 Å². The van der Waals surface area contributed by atoms with Crippen LogP contribution in [0.1, 0.15) is 25.3 Å². The zero-order valence-corrected chi connectivity index (χ0v) is 11.8. The van der Waals surface area contributed by atoms with Crippen molar-refractivity contribution in [3.63, 3.8) is 0 Å². The van der Waals surface area contributed by atoms with Gasteiger partial charge < -0.3 is 11.1 Å². The molecule has 1 saturated carbocycles. The summed E-state index contributed by atoms with van der Waals surface area (Å²) < 4.78 is 0. The van der Waals surface area contributed by atoms with Gasteiger partial charge >= 0.3 is 0 Å². The predicted octanol–water partition coefficient (Wildman–Crippen LogP) is 2.25. The van der Waals surface area contributed by atoms with Gasteiger partial charge in [0, 0.05) is 17.9 Å². The fourth-order valence-electron chi connectivity index (χ4n) is 2.19. The molecule has 1 aromatic carbocycles. The highest BCUT2D eigenvalue weighted by Crippen LogP contribution is 2.29. The van der Waals surface area contributed by atoms with Crippen LogP contribution in [-0.4, -0.2) is 30.4 Å². The van der Waals surface area contributed by atoms with Crippen LogP contribution in [0.2, 0.25) is 0 Å². The highest BCUT2D eigenvalue weighted by atomic mass is 16.2. The summed E-state index contributed by atoms with van der Waals surface area (Å²) in [7, 11) is 0. The van der Waals surface area contributed by atoms with Crippen molar-refractivity contribution < 1.29 is 4.79 Å². The highest BCUT2D eigenvalue weighted by molar-refractivity contribution is 5.93. The van der Waals surface area contributed by atoms with Gasteiger partial charge in [-0.2, -0.15) is 0 Å². The molecule has 1 aliphatic rings. The SMILES string of the molecule is CCN(CC(=O)Nc1ccc(N)cc1C)CC1CC1. The first-order valence-corrected chi connectivity index (χ1v) is 6.96. The molecule has 0 heterocycles. The Morgan fingerprint density at radius 2 is 2.21 bits per heavy atom. The Kier molecular flexibility index (Phi) is 4.43. The number of nitrogens with two attached hydrogens (primary N) is 1. The van der Waals surface area contributed by atoms with Crippen LogP contribution >= 0.6 is 0 Å². The minimum Gasteiger partial charge on any atom is -0.399 e. The molecule has 0 spiro atoms. The monoisotopic (exact) mass is 261 g/mol. The Morgan fingerprint density at radius 1 is 1.47 bits per heavy atom. The number of benzene rings is 1. The number of carbonyl (C=O) groups excluding carboxylic acids is 1. The van der Waals surface area contributed by atoms with Gasteiger partial charge in [-0.05, 0) is 56.0 Å². The van der Waals surface area contributed by atoms with E-state index in [1.165, 1.54) is 12.8 Å². The van der Waals surface area contributed by atoms with Crippen molar-refractivity contribution in [3.8, 4) is 0 Å². The fraction of sp³-hybridized carbons (Fsp3) is 0.533. The van der Waals surface area contributed by atoms with E-state index < -0.39 is 0 Å². The lowest BCUT2D eigenvalue weighted by molar-refractivity contribution is -0.117. The van der Waals surface area contributed by atoms with E-state index in [-0.39, 0.29) is 5.91 Å². The average Bonchev–Trinajstić information content (AvgIpc) is 3.16. The number of nitrogens with zero attached hydrogens (tertiary/aromatic N) is 1. The van der Waals surface area contributed by atoms with Crippen LogP contribution in [0.4, 0.5) is 11.4 Å². The summed E-state index contributed by atoms with van der Waals surface area (Å²) in [4.78, 5) is 14.2. The summed E-state index contributed by atoms with van der Waals surface area (Å²) in [6, 6.07) is 5.54. The van der Waals surface area contributed by atoms with Crippen LogP contribution in [0.3, 0.4) is 0 Å². The Morgan fingerprint density at radius 3 is 2.79 bits per heavy atom. The lowest BCUT2D eigenvalue weighted by atomic mass is 10.2. The van der Waals surface area contributed by atoms with Gasteiger partial charge in [-0.15, -0.1) is 0 Å². The van der Waals surface area contributed by atoms with Gasteiger partial charge in [-0.1, -0.05) is 6.92 Å². The second-order valence-corrected chi connectivity index (χ2v) is 5.39. The topological polar surface area (TPSA) is 58.4 Å². The van der Waals surface area contributed by atoms with Crippen LogP contribution in [0.5, 0.6) is 0 Å². The fourth-order valence-corrected chi connectivity index (χ4v) is 2.19. The summed E-state index contributed by atoms with van der Waals surface area (Å²) in [6.45, 7) is 6.49. The Labute approximate surface area is 115 Å². The third-order valence-electron chi connectivity index (χ3n) is 3.55. The number of nitrogen functional groups attached to an aromatic ring is 1. The lowest BCUT2D eigenvalue weighted by Crippen LogP contribution is -2.34. The second kappa shape index (κ2) is 6.06. The molecule has 4 heteroatoms. The zero-order valence-electron chi connectivity index (χ0n) is 11.8. The number of rotatable bonds is 6. The molecule has 4 nitrogen and oxygen atoms in total.